The minimum atomic E-state index is -0.396. The second kappa shape index (κ2) is 9.20. The van der Waals surface area contributed by atoms with Gasteiger partial charge in [0.1, 0.15) is 0 Å². The van der Waals surface area contributed by atoms with Gasteiger partial charge in [-0.15, -0.1) is 0 Å². The first-order chi connectivity index (χ1) is 18.7. The van der Waals surface area contributed by atoms with Gasteiger partial charge in [0.2, 0.25) is 5.28 Å². The highest BCUT2D eigenvalue weighted by atomic mass is 35.5. The Morgan fingerprint density at radius 2 is 1.26 bits per heavy atom. The number of rotatable bonds is 4. The summed E-state index contributed by atoms with van der Waals surface area (Å²) < 4.78 is 0. The molecule has 7 rings (SSSR count). The molecule has 182 valence electrons. The number of hydrogen-bond acceptors (Lipinski definition) is 3. The Morgan fingerprint density at radius 1 is 0.632 bits per heavy atom. The summed E-state index contributed by atoms with van der Waals surface area (Å²) in [5.41, 5.74) is 9.24. The second-order valence-corrected chi connectivity index (χ2v) is 10.0. The van der Waals surface area contributed by atoms with Crippen molar-refractivity contribution in [3.63, 3.8) is 0 Å². The Hall–Kier alpha value is -4.34. The third-order valence-corrected chi connectivity index (χ3v) is 7.81. The molecule has 38 heavy (non-hydrogen) atoms. The van der Waals surface area contributed by atoms with E-state index in [9.17, 15) is 0 Å². The molecule has 0 saturated heterocycles. The van der Waals surface area contributed by atoms with Crippen molar-refractivity contribution < 1.29 is 0 Å². The van der Waals surface area contributed by atoms with Crippen molar-refractivity contribution in [1.29, 1.82) is 0 Å². The fourth-order valence-corrected chi connectivity index (χ4v) is 6.24. The van der Waals surface area contributed by atoms with Crippen LogP contribution in [0.2, 0.25) is 5.28 Å². The minimum absolute atomic E-state index is 0.186. The summed E-state index contributed by atoms with van der Waals surface area (Å²) in [4.78, 5) is 13.8. The molecule has 0 unspecified atom stereocenters. The fraction of sp³-hybridized carbons (Fsp3) is 0.0882. The molecule has 0 bridgehead atoms. The lowest BCUT2D eigenvalue weighted by atomic mass is 9.65. The Balaban J connectivity index is 1.47. The number of hydrogen-bond donors (Lipinski definition) is 0. The third kappa shape index (κ3) is 3.54. The monoisotopic (exact) mass is 509 g/mol. The lowest BCUT2D eigenvalue weighted by Gasteiger charge is -2.37. The molecular weight excluding hydrogens is 486 g/mol. The molecule has 0 saturated carbocycles. The summed E-state index contributed by atoms with van der Waals surface area (Å²) in [6.45, 7) is 0. The zero-order chi connectivity index (χ0) is 25.5. The van der Waals surface area contributed by atoms with Crippen LogP contribution in [-0.2, 0) is 5.41 Å². The van der Waals surface area contributed by atoms with Crippen molar-refractivity contribution in [1.82, 2.24) is 15.0 Å². The number of nitrogens with zero attached hydrogens (tertiary/aromatic N) is 3. The summed E-state index contributed by atoms with van der Waals surface area (Å²) in [6.07, 6.45) is 8.78. The molecule has 1 heterocycles. The van der Waals surface area contributed by atoms with E-state index in [1.807, 2.05) is 30.3 Å². The molecule has 0 atom stereocenters. The van der Waals surface area contributed by atoms with Crippen LogP contribution in [0.4, 0.5) is 0 Å². The molecule has 0 fully saturated rings. The summed E-state index contributed by atoms with van der Waals surface area (Å²) in [5.74, 6) is 1.13. The zero-order valence-electron chi connectivity index (χ0n) is 20.7. The highest BCUT2D eigenvalue weighted by molar-refractivity contribution is 6.28. The van der Waals surface area contributed by atoms with Gasteiger partial charge in [-0.1, -0.05) is 121 Å². The zero-order valence-corrected chi connectivity index (χ0v) is 21.4. The second-order valence-electron chi connectivity index (χ2n) is 9.70. The molecule has 2 aliphatic carbocycles. The van der Waals surface area contributed by atoms with Gasteiger partial charge in [-0.05, 0) is 58.3 Å². The molecule has 4 aromatic carbocycles. The first-order valence-corrected chi connectivity index (χ1v) is 13.3. The Labute approximate surface area is 227 Å². The highest BCUT2D eigenvalue weighted by Crippen LogP contribution is 2.57. The van der Waals surface area contributed by atoms with Crippen LogP contribution in [0.1, 0.15) is 29.5 Å². The number of benzene rings is 4. The average Bonchev–Trinajstić information content (AvgIpc) is 3.29. The minimum Gasteiger partial charge on any atom is -0.208 e. The van der Waals surface area contributed by atoms with Gasteiger partial charge in [0.15, 0.2) is 11.6 Å². The van der Waals surface area contributed by atoms with Gasteiger partial charge >= 0.3 is 0 Å². The van der Waals surface area contributed by atoms with Gasteiger partial charge in [0, 0.05) is 11.1 Å². The van der Waals surface area contributed by atoms with Gasteiger partial charge in [0.05, 0.1) is 5.41 Å². The van der Waals surface area contributed by atoms with Crippen molar-refractivity contribution in [2.75, 3.05) is 0 Å². The van der Waals surface area contributed by atoms with E-state index in [2.05, 4.69) is 101 Å². The molecule has 0 radical (unpaired) electrons. The Morgan fingerprint density at radius 3 is 1.95 bits per heavy atom. The molecular formula is C34H24ClN3. The van der Waals surface area contributed by atoms with Gasteiger partial charge < -0.3 is 0 Å². The summed E-state index contributed by atoms with van der Waals surface area (Å²) in [5, 5.41) is 0.186. The van der Waals surface area contributed by atoms with E-state index in [1.54, 1.807) is 0 Å². The van der Waals surface area contributed by atoms with E-state index in [0.29, 0.717) is 11.6 Å². The molecule has 1 aromatic heterocycles. The average molecular weight is 510 g/mol. The van der Waals surface area contributed by atoms with Crippen LogP contribution >= 0.6 is 11.6 Å². The molecule has 0 aliphatic heterocycles. The summed E-state index contributed by atoms with van der Waals surface area (Å²) >= 11 is 6.42. The maximum absolute atomic E-state index is 6.42. The normalized spacial score (nSPS) is 15.0. The van der Waals surface area contributed by atoms with Crippen molar-refractivity contribution in [2.24, 2.45) is 0 Å². The predicted octanol–water partition coefficient (Wildman–Crippen LogP) is 8.45. The van der Waals surface area contributed by atoms with Crippen LogP contribution in [0.5, 0.6) is 0 Å². The van der Waals surface area contributed by atoms with Crippen LogP contribution in [0.15, 0.2) is 127 Å². The number of allylic oxidation sites excluding steroid dienone is 4. The number of aromatic nitrogens is 3. The van der Waals surface area contributed by atoms with Crippen molar-refractivity contribution in [2.45, 2.75) is 18.3 Å². The van der Waals surface area contributed by atoms with E-state index < -0.39 is 5.41 Å². The van der Waals surface area contributed by atoms with Gasteiger partial charge in [-0.25, -0.2) is 4.98 Å². The third-order valence-electron chi connectivity index (χ3n) is 7.64. The van der Waals surface area contributed by atoms with Crippen LogP contribution < -0.4 is 0 Å². The Bertz CT molecular complexity index is 1690. The van der Waals surface area contributed by atoms with Crippen LogP contribution in [0.25, 0.3) is 33.9 Å². The van der Waals surface area contributed by atoms with E-state index in [1.165, 1.54) is 33.4 Å². The van der Waals surface area contributed by atoms with E-state index in [-0.39, 0.29) is 5.28 Å². The Kier molecular flexibility index (Phi) is 5.52. The smallest absolute Gasteiger partial charge is 0.208 e. The SMILES string of the molecule is Clc1nc(-c2ccccc2)nc(-c2cccc(C3(C4=CC=CCC4)c4ccccc4-c4ccccc43)c2)n1. The molecule has 5 aromatic rings. The summed E-state index contributed by atoms with van der Waals surface area (Å²) in [6, 6.07) is 36.2. The van der Waals surface area contributed by atoms with Crippen molar-refractivity contribution in [3.8, 4) is 33.9 Å². The van der Waals surface area contributed by atoms with Gasteiger partial charge in [-0.3, -0.25) is 0 Å². The van der Waals surface area contributed by atoms with Crippen LogP contribution in [0, 0.1) is 0 Å². The lowest BCUT2D eigenvalue weighted by molar-refractivity contribution is 0.693. The van der Waals surface area contributed by atoms with E-state index in [0.717, 1.165) is 24.0 Å². The standard InChI is InChI=1S/C34H24ClN3/c35-33-37-31(23-12-3-1-4-13-23)36-32(38-33)24-14-11-17-26(22-24)34(25-15-5-2-6-16-25)29-20-9-7-18-27(29)28-19-8-10-21-30(28)34/h1-5,7-15,17-22H,6,16H2. The van der Waals surface area contributed by atoms with Gasteiger partial charge in [-0.2, -0.15) is 9.97 Å². The molecule has 2 aliphatic rings. The van der Waals surface area contributed by atoms with Crippen molar-refractivity contribution in [3.05, 3.63) is 149 Å². The van der Waals surface area contributed by atoms with Crippen molar-refractivity contribution >= 4 is 11.6 Å². The molecule has 0 N–H and O–H groups in total. The maximum atomic E-state index is 6.42. The quantitative estimate of drug-likeness (QED) is 0.244. The van der Waals surface area contributed by atoms with Crippen LogP contribution in [0.3, 0.4) is 0 Å². The predicted molar refractivity (Wildman–Crippen MR) is 154 cm³/mol. The first kappa shape index (κ1) is 22.8. The van der Waals surface area contributed by atoms with Crippen LogP contribution in [-0.4, -0.2) is 15.0 Å². The molecule has 0 spiro atoms. The number of halogens is 1. The topological polar surface area (TPSA) is 38.7 Å². The fourth-order valence-electron chi connectivity index (χ4n) is 6.08. The summed E-state index contributed by atoms with van der Waals surface area (Å²) in [7, 11) is 0. The highest BCUT2D eigenvalue weighted by Gasteiger charge is 2.47. The number of fused-ring (bicyclic) bond motifs is 3. The first-order valence-electron chi connectivity index (χ1n) is 12.9. The molecule has 4 heteroatoms. The van der Waals surface area contributed by atoms with Gasteiger partial charge in [0.25, 0.3) is 0 Å². The van der Waals surface area contributed by atoms with E-state index in [4.69, 9.17) is 16.6 Å². The molecule has 3 nitrogen and oxygen atoms in total. The van der Waals surface area contributed by atoms with E-state index >= 15 is 0 Å². The molecule has 0 amide bonds. The largest absolute Gasteiger partial charge is 0.226 e. The lowest BCUT2D eigenvalue weighted by Crippen LogP contribution is -2.30. The maximum Gasteiger partial charge on any atom is 0.226 e.